The molecule has 23 heavy (non-hydrogen) atoms. The zero-order chi connectivity index (χ0) is 16.4. The predicted octanol–water partition coefficient (Wildman–Crippen LogP) is 2.68. The molecular formula is C18H22FN3O. The van der Waals surface area contributed by atoms with Gasteiger partial charge in [0.05, 0.1) is 11.6 Å². The van der Waals surface area contributed by atoms with E-state index >= 15 is 0 Å². The molecule has 1 heterocycles. The largest absolute Gasteiger partial charge is 0.345 e. The lowest BCUT2D eigenvalue weighted by Crippen LogP contribution is -2.37. The van der Waals surface area contributed by atoms with Crippen LogP contribution in [-0.2, 0) is 23.7 Å². The van der Waals surface area contributed by atoms with Crippen LogP contribution in [0.4, 0.5) is 4.39 Å². The molecule has 1 aliphatic carbocycles. The number of carbonyl (C=O) groups is 1. The van der Waals surface area contributed by atoms with E-state index in [1.54, 1.807) is 27.8 Å². The maximum atomic E-state index is 14.0. The molecule has 4 nitrogen and oxygen atoms in total. The second kappa shape index (κ2) is 6.14. The number of nitrogens with zero attached hydrogens (tertiary/aromatic N) is 3. The lowest BCUT2D eigenvalue weighted by molar-refractivity contribution is -0.132. The van der Waals surface area contributed by atoms with Crippen molar-refractivity contribution in [2.45, 2.75) is 31.1 Å². The molecule has 1 saturated carbocycles. The highest BCUT2D eigenvalue weighted by molar-refractivity contribution is 5.91. The minimum absolute atomic E-state index is 0.0359. The quantitative estimate of drug-likeness (QED) is 0.822. The summed E-state index contributed by atoms with van der Waals surface area (Å²) in [6.07, 6.45) is 7.08. The molecule has 122 valence electrons. The van der Waals surface area contributed by atoms with Crippen LogP contribution in [0.5, 0.6) is 0 Å². The third-order valence-corrected chi connectivity index (χ3v) is 4.61. The first-order valence-corrected chi connectivity index (χ1v) is 8.01. The molecule has 5 heteroatoms. The summed E-state index contributed by atoms with van der Waals surface area (Å²) < 4.78 is 15.8. The molecular weight excluding hydrogens is 293 g/mol. The van der Waals surface area contributed by atoms with E-state index in [-0.39, 0.29) is 11.7 Å². The van der Waals surface area contributed by atoms with Crippen LogP contribution < -0.4 is 0 Å². The summed E-state index contributed by atoms with van der Waals surface area (Å²) >= 11 is 0. The van der Waals surface area contributed by atoms with Gasteiger partial charge in [-0.25, -0.2) is 4.39 Å². The van der Waals surface area contributed by atoms with Crippen molar-refractivity contribution in [3.63, 3.8) is 0 Å². The van der Waals surface area contributed by atoms with Gasteiger partial charge in [0.1, 0.15) is 5.82 Å². The maximum absolute atomic E-state index is 14.0. The van der Waals surface area contributed by atoms with Crippen LogP contribution in [0.2, 0.25) is 0 Å². The van der Waals surface area contributed by atoms with E-state index in [9.17, 15) is 9.18 Å². The molecule has 0 unspecified atom stereocenters. The zero-order valence-electron chi connectivity index (χ0n) is 13.6. The van der Waals surface area contributed by atoms with E-state index in [1.165, 1.54) is 11.6 Å². The van der Waals surface area contributed by atoms with E-state index < -0.39 is 5.41 Å². The van der Waals surface area contributed by atoms with Crippen molar-refractivity contribution in [3.05, 3.63) is 53.6 Å². The number of hydrogen-bond donors (Lipinski definition) is 0. The molecule has 0 spiro atoms. The second-order valence-electron chi connectivity index (χ2n) is 6.41. The van der Waals surface area contributed by atoms with Gasteiger partial charge in [-0.05, 0) is 37.3 Å². The van der Waals surface area contributed by atoms with Crippen LogP contribution in [-0.4, -0.2) is 34.2 Å². The van der Waals surface area contributed by atoms with Crippen molar-refractivity contribution in [1.29, 1.82) is 0 Å². The number of halogens is 1. The van der Waals surface area contributed by atoms with Crippen LogP contribution in [0.3, 0.4) is 0 Å². The minimum atomic E-state index is -0.631. The Kier molecular flexibility index (Phi) is 4.20. The van der Waals surface area contributed by atoms with E-state index in [0.717, 1.165) is 25.7 Å². The van der Waals surface area contributed by atoms with Gasteiger partial charge in [-0.15, -0.1) is 0 Å². The number of carbonyl (C=O) groups excluding carboxylic acids is 1. The van der Waals surface area contributed by atoms with Crippen molar-refractivity contribution < 1.29 is 9.18 Å². The van der Waals surface area contributed by atoms with Gasteiger partial charge in [0, 0.05) is 32.4 Å². The van der Waals surface area contributed by atoms with Gasteiger partial charge in [0.2, 0.25) is 5.91 Å². The summed E-state index contributed by atoms with van der Waals surface area (Å²) in [5.41, 5.74) is 1.08. The van der Waals surface area contributed by atoms with Crippen LogP contribution in [0.25, 0.3) is 0 Å². The van der Waals surface area contributed by atoms with E-state index in [1.807, 2.05) is 26.5 Å². The monoisotopic (exact) mass is 315 g/mol. The highest BCUT2D eigenvalue weighted by Gasteiger charge is 2.53. The summed E-state index contributed by atoms with van der Waals surface area (Å²) in [4.78, 5) is 14.5. The number of rotatable bonds is 6. The maximum Gasteiger partial charge on any atom is 0.233 e. The Balaban J connectivity index is 1.60. The summed E-state index contributed by atoms with van der Waals surface area (Å²) in [5, 5.41) is 4.14. The average Bonchev–Trinajstić information content (AvgIpc) is 3.24. The number of amides is 1. The molecule has 0 saturated heterocycles. The Morgan fingerprint density at radius 2 is 2.13 bits per heavy atom. The molecule has 1 aromatic carbocycles. The van der Waals surface area contributed by atoms with Gasteiger partial charge >= 0.3 is 0 Å². The Morgan fingerprint density at radius 1 is 1.39 bits per heavy atom. The van der Waals surface area contributed by atoms with Gasteiger partial charge in [-0.3, -0.25) is 9.48 Å². The first-order chi connectivity index (χ1) is 11.0. The topological polar surface area (TPSA) is 38.1 Å². The van der Waals surface area contributed by atoms with Gasteiger partial charge in [-0.1, -0.05) is 18.2 Å². The average molecular weight is 315 g/mol. The van der Waals surface area contributed by atoms with Gasteiger partial charge in [0.15, 0.2) is 0 Å². The fraction of sp³-hybridized carbons (Fsp3) is 0.444. The van der Waals surface area contributed by atoms with Crippen molar-refractivity contribution in [2.75, 3.05) is 13.6 Å². The molecule has 1 amide bonds. The minimum Gasteiger partial charge on any atom is -0.345 e. The molecule has 2 aromatic rings. The lowest BCUT2D eigenvalue weighted by Gasteiger charge is -2.24. The normalized spacial score (nSPS) is 15.4. The molecule has 0 radical (unpaired) electrons. The van der Waals surface area contributed by atoms with Crippen molar-refractivity contribution in [2.24, 2.45) is 7.05 Å². The first kappa shape index (κ1) is 15.7. The SMILES string of the molecule is CN(CCCc1cnn(C)c1)C(=O)C1(c2ccccc2F)CC1. The van der Waals surface area contributed by atoms with Gasteiger partial charge < -0.3 is 4.90 Å². The van der Waals surface area contributed by atoms with E-state index in [2.05, 4.69) is 5.10 Å². The fourth-order valence-corrected chi connectivity index (χ4v) is 3.16. The van der Waals surface area contributed by atoms with Crippen LogP contribution in [0.1, 0.15) is 30.4 Å². The van der Waals surface area contributed by atoms with Gasteiger partial charge in [0.25, 0.3) is 0 Å². The standard InChI is InChI=1S/C18H22FN3O/c1-21(11-5-6-14-12-20-22(2)13-14)17(23)18(9-10-18)15-7-3-4-8-16(15)19/h3-4,7-8,12-13H,5-6,9-11H2,1-2H3. The molecule has 0 aliphatic heterocycles. The number of aromatic nitrogens is 2. The van der Waals surface area contributed by atoms with Crippen molar-refractivity contribution >= 4 is 5.91 Å². The van der Waals surface area contributed by atoms with Crippen LogP contribution in [0, 0.1) is 5.82 Å². The van der Waals surface area contributed by atoms with E-state index in [0.29, 0.717) is 12.1 Å². The molecule has 0 atom stereocenters. The Bertz CT molecular complexity index is 706. The Hall–Kier alpha value is -2.17. The highest BCUT2D eigenvalue weighted by atomic mass is 19.1. The summed E-state index contributed by atoms with van der Waals surface area (Å²) in [7, 11) is 3.71. The van der Waals surface area contributed by atoms with E-state index in [4.69, 9.17) is 0 Å². The van der Waals surface area contributed by atoms with Gasteiger partial charge in [-0.2, -0.15) is 5.10 Å². The molecule has 1 aromatic heterocycles. The third kappa shape index (κ3) is 3.14. The molecule has 3 rings (SSSR count). The zero-order valence-corrected chi connectivity index (χ0v) is 13.6. The number of hydrogen-bond acceptors (Lipinski definition) is 2. The number of benzene rings is 1. The second-order valence-corrected chi connectivity index (χ2v) is 6.41. The predicted molar refractivity (Wildman–Crippen MR) is 86.5 cm³/mol. The smallest absolute Gasteiger partial charge is 0.233 e. The molecule has 1 fully saturated rings. The van der Waals surface area contributed by atoms with Crippen LogP contribution in [0.15, 0.2) is 36.7 Å². The molecule has 1 aliphatic rings. The Labute approximate surface area is 135 Å². The molecule has 0 N–H and O–H groups in total. The summed E-state index contributed by atoms with van der Waals surface area (Å²) in [6, 6.07) is 6.64. The van der Waals surface area contributed by atoms with Crippen LogP contribution >= 0.6 is 0 Å². The summed E-state index contributed by atoms with van der Waals surface area (Å²) in [6.45, 7) is 0.671. The Morgan fingerprint density at radius 3 is 2.74 bits per heavy atom. The van der Waals surface area contributed by atoms with Crippen molar-refractivity contribution in [3.8, 4) is 0 Å². The first-order valence-electron chi connectivity index (χ1n) is 8.01. The third-order valence-electron chi connectivity index (χ3n) is 4.61. The summed E-state index contributed by atoms with van der Waals surface area (Å²) in [5.74, 6) is -0.240. The highest BCUT2D eigenvalue weighted by Crippen LogP contribution is 2.50. The number of likely N-dealkylation sites (N-methyl/N-ethyl adjacent to an activating group) is 1. The number of aryl methyl sites for hydroxylation is 2. The van der Waals surface area contributed by atoms with Crippen molar-refractivity contribution in [1.82, 2.24) is 14.7 Å². The fourth-order valence-electron chi connectivity index (χ4n) is 3.16. The molecule has 0 bridgehead atoms. The lowest BCUT2D eigenvalue weighted by atomic mass is 9.93.